The normalized spacial score (nSPS) is 15.3. The number of carbonyl (C=O) groups is 2. The van der Waals surface area contributed by atoms with Crippen LogP contribution in [0.2, 0.25) is 10.0 Å². The molecule has 1 saturated carbocycles. The van der Waals surface area contributed by atoms with Crippen LogP contribution >= 0.6 is 23.2 Å². The number of rotatable bonds is 10. The third kappa shape index (κ3) is 6.95. The summed E-state index contributed by atoms with van der Waals surface area (Å²) in [6, 6.07) is 5.19. The van der Waals surface area contributed by atoms with Crippen LogP contribution in [0.3, 0.4) is 0 Å². The number of amides is 1. The van der Waals surface area contributed by atoms with Crippen LogP contribution in [0.15, 0.2) is 36.7 Å². The summed E-state index contributed by atoms with van der Waals surface area (Å²) in [5, 5.41) is 2.95. The molecule has 2 aromatic rings. The molecule has 1 aliphatic carbocycles. The first-order valence-corrected chi connectivity index (χ1v) is 13.8. The molecule has 1 aromatic carbocycles. The first-order valence-electron chi connectivity index (χ1n) is 11.6. The predicted molar refractivity (Wildman–Crippen MR) is 139 cm³/mol. The Morgan fingerprint density at radius 2 is 1.69 bits per heavy atom. The van der Waals surface area contributed by atoms with Gasteiger partial charge in [-0.25, -0.2) is 0 Å². The smallest absolute Gasteiger partial charge is 0.324 e. The molecule has 196 valence electrons. The Kier molecular flexibility index (Phi) is 9.71. The molecular formula is C24H30Cl2N4O5S. The van der Waals surface area contributed by atoms with Gasteiger partial charge in [0, 0.05) is 30.2 Å². The van der Waals surface area contributed by atoms with Crippen molar-refractivity contribution < 1.29 is 22.7 Å². The van der Waals surface area contributed by atoms with Crippen LogP contribution in [0.5, 0.6) is 0 Å². The largest absolute Gasteiger partial charge is 0.468 e. The Labute approximate surface area is 221 Å². The van der Waals surface area contributed by atoms with E-state index in [1.807, 2.05) is 13.8 Å². The second-order valence-corrected chi connectivity index (χ2v) is 11.3. The highest BCUT2D eigenvalue weighted by molar-refractivity contribution is 7.87. The molecule has 1 heterocycles. The van der Waals surface area contributed by atoms with E-state index in [1.54, 1.807) is 24.3 Å². The first kappa shape index (κ1) is 28.3. The number of hydrogen-bond donors (Lipinski definition) is 2. The lowest BCUT2D eigenvalue weighted by atomic mass is 10.1. The van der Waals surface area contributed by atoms with E-state index in [9.17, 15) is 18.0 Å². The number of carbonyl (C=O) groups excluding carboxylic acids is 2. The molecule has 2 N–H and O–H groups in total. The minimum Gasteiger partial charge on any atom is -0.468 e. The van der Waals surface area contributed by atoms with Crippen molar-refractivity contribution in [1.29, 1.82) is 0 Å². The number of methoxy groups -OCH3 is 1. The quantitative estimate of drug-likeness (QED) is 0.423. The molecule has 0 saturated heterocycles. The van der Waals surface area contributed by atoms with Gasteiger partial charge < -0.3 is 10.1 Å². The van der Waals surface area contributed by atoms with Crippen molar-refractivity contribution in [2.75, 3.05) is 12.4 Å². The van der Waals surface area contributed by atoms with Crippen LogP contribution in [0.4, 0.5) is 5.69 Å². The highest BCUT2D eigenvalue weighted by Gasteiger charge is 2.37. The molecule has 12 heteroatoms. The molecule has 0 radical (unpaired) electrons. The summed E-state index contributed by atoms with van der Waals surface area (Å²) in [5.41, 5.74) is 1.24. The molecule has 1 amide bonds. The van der Waals surface area contributed by atoms with Gasteiger partial charge in [0.25, 0.3) is 16.1 Å². The summed E-state index contributed by atoms with van der Waals surface area (Å²) in [6.45, 7) is 3.65. The lowest BCUT2D eigenvalue weighted by Gasteiger charge is -2.32. The van der Waals surface area contributed by atoms with Gasteiger partial charge in [0.1, 0.15) is 6.04 Å². The van der Waals surface area contributed by atoms with Gasteiger partial charge in [-0.2, -0.15) is 17.4 Å². The summed E-state index contributed by atoms with van der Waals surface area (Å²) in [6.07, 6.45) is 6.27. The lowest BCUT2D eigenvalue weighted by molar-refractivity contribution is -0.142. The minimum atomic E-state index is -3.95. The summed E-state index contributed by atoms with van der Waals surface area (Å²) in [5.74, 6) is -1.19. The first-order chi connectivity index (χ1) is 17.0. The highest BCUT2D eigenvalue weighted by atomic mass is 35.5. The van der Waals surface area contributed by atoms with Crippen molar-refractivity contribution in [3.63, 3.8) is 0 Å². The van der Waals surface area contributed by atoms with Crippen LogP contribution in [-0.4, -0.2) is 54.8 Å². The maximum atomic E-state index is 13.3. The van der Waals surface area contributed by atoms with Crippen molar-refractivity contribution in [3.8, 4) is 0 Å². The number of nitrogens with zero attached hydrogens (tertiary/aromatic N) is 2. The average Bonchev–Trinajstić information content (AvgIpc) is 3.32. The Morgan fingerprint density at radius 1 is 1.11 bits per heavy atom. The maximum Gasteiger partial charge on any atom is 0.324 e. The number of anilines is 1. The molecule has 1 fully saturated rings. The molecule has 9 nitrogen and oxygen atoms in total. The Balaban J connectivity index is 1.73. The Hall–Kier alpha value is -2.24. The molecule has 0 bridgehead atoms. The van der Waals surface area contributed by atoms with Gasteiger partial charge in [0.2, 0.25) is 0 Å². The van der Waals surface area contributed by atoms with Crippen LogP contribution in [0, 0.1) is 0 Å². The number of pyridine rings is 1. The third-order valence-electron chi connectivity index (χ3n) is 5.98. The topological polar surface area (TPSA) is 118 Å². The van der Waals surface area contributed by atoms with Crippen molar-refractivity contribution >= 4 is 51.0 Å². The number of nitrogens with one attached hydrogen (secondary N) is 2. The van der Waals surface area contributed by atoms with Crippen LogP contribution in [-0.2, 0) is 26.2 Å². The monoisotopic (exact) mass is 556 g/mol. The molecule has 0 unspecified atom stereocenters. The summed E-state index contributed by atoms with van der Waals surface area (Å²) < 4.78 is 35.4. The van der Waals surface area contributed by atoms with E-state index < -0.39 is 28.1 Å². The van der Waals surface area contributed by atoms with Gasteiger partial charge >= 0.3 is 5.97 Å². The van der Waals surface area contributed by atoms with Crippen molar-refractivity contribution in [3.05, 3.63) is 57.8 Å². The summed E-state index contributed by atoms with van der Waals surface area (Å²) in [4.78, 5) is 28.9. The standard InChI is InChI=1S/C24H30Cl2N4O5S/c1-15(2)30(18-6-4-5-7-18)36(33,34)29-21(24(32)35-3)12-16-8-10-17(11-9-16)28-23(31)22-19(25)13-27-14-20(22)26/h8-11,13-15,18,21,29H,4-7,12H2,1-3H3,(H,28,31)/t21-/m0/s1. The molecule has 0 aliphatic heterocycles. The van der Waals surface area contributed by atoms with Gasteiger partial charge in [-0.05, 0) is 50.8 Å². The fourth-order valence-corrected chi connectivity index (χ4v) is 6.75. The van der Waals surface area contributed by atoms with E-state index >= 15 is 0 Å². The zero-order chi connectivity index (χ0) is 26.5. The second-order valence-electron chi connectivity index (χ2n) is 8.89. The van der Waals surface area contributed by atoms with Crippen molar-refractivity contribution in [2.45, 2.75) is 64.1 Å². The van der Waals surface area contributed by atoms with E-state index in [0.29, 0.717) is 11.3 Å². The van der Waals surface area contributed by atoms with E-state index in [4.69, 9.17) is 27.9 Å². The molecule has 36 heavy (non-hydrogen) atoms. The zero-order valence-electron chi connectivity index (χ0n) is 20.3. The fraction of sp³-hybridized carbons (Fsp3) is 0.458. The fourth-order valence-electron chi connectivity index (χ4n) is 4.39. The minimum absolute atomic E-state index is 0.0682. The Morgan fingerprint density at radius 3 is 2.22 bits per heavy atom. The zero-order valence-corrected chi connectivity index (χ0v) is 22.7. The number of benzene rings is 1. The number of hydrogen-bond acceptors (Lipinski definition) is 6. The van der Waals surface area contributed by atoms with E-state index in [0.717, 1.165) is 25.7 Å². The summed E-state index contributed by atoms with van der Waals surface area (Å²) >= 11 is 12.1. The highest BCUT2D eigenvalue weighted by Crippen LogP contribution is 2.28. The number of esters is 1. The van der Waals surface area contributed by atoms with Gasteiger partial charge in [0.05, 0.1) is 22.7 Å². The van der Waals surface area contributed by atoms with Gasteiger partial charge in [-0.15, -0.1) is 0 Å². The Bertz CT molecular complexity index is 1170. The summed E-state index contributed by atoms with van der Waals surface area (Å²) in [7, 11) is -2.73. The SMILES string of the molecule is COC(=O)[C@H](Cc1ccc(NC(=O)c2c(Cl)cncc2Cl)cc1)NS(=O)(=O)N(C(C)C)C1CCCC1. The third-order valence-corrected chi connectivity index (χ3v) is 8.41. The number of ether oxygens (including phenoxy) is 1. The van der Waals surface area contributed by atoms with E-state index in [1.165, 1.54) is 23.8 Å². The van der Waals surface area contributed by atoms with Gasteiger partial charge in [-0.3, -0.25) is 14.6 Å². The second kappa shape index (κ2) is 12.3. The molecule has 1 atom stereocenters. The average molecular weight is 557 g/mol. The van der Waals surface area contributed by atoms with E-state index in [2.05, 4.69) is 15.0 Å². The molecule has 1 aliphatic rings. The lowest BCUT2D eigenvalue weighted by Crippen LogP contribution is -2.54. The van der Waals surface area contributed by atoms with Crippen LogP contribution in [0.25, 0.3) is 0 Å². The van der Waals surface area contributed by atoms with E-state index in [-0.39, 0.29) is 34.1 Å². The maximum absolute atomic E-state index is 13.3. The molecule has 3 rings (SSSR count). The van der Waals surface area contributed by atoms with Gasteiger partial charge in [-0.1, -0.05) is 48.2 Å². The van der Waals surface area contributed by atoms with Crippen molar-refractivity contribution in [1.82, 2.24) is 14.0 Å². The molecule has 0 spiro atoms. The van der Waals surface area contributed by atoms with Crippen molar-refractivity contribution in [2.24, 2.45) is 0 Å². The number of halogens is 2. The molecule has 1 aromatic heterocycles. The molecular weight excluding hydrogens is 527 g/mol. The predicted octanol–water partition coefficient (Wildman–Crippen LogP) is 4.21. The van der Waals surface area contributed by atoms with Crippen LogP contribution in [0.1, 0.15) is 55.5 Å². The van der Waals surface area contributed by atoms with Crippen LogP contribution < -0.4 is 10.0 Å². The van der Waals surface area contributed by atoms with Gasteiger partial charge in [0.15, 0.2) is 0 Å². The number of aromatic nitrogens is 1.